The summed E-state index contributed by atoms with van der Waals surface area (Å²) in [6, 6.07) is 10.6. The van der Waals surface area contributed by atoms with Crippen LogP contribution < -0.4 is 10.6 Å². The zero-order chi connectivity index (χ0) is 21.5. The number of hydrogen-bond acceptors (Lipinski definition) is 4. The van der Waals surface area contributed by atoms with Crippen LogP contribution in [-0.4, -0.2) is 41.2 Å². The summed E-state index contributed by atoms with van der Waals surface area (Å²) in [5.74, 6) is -0.333. The highest BCUT2D eigenvalue weighted by Gasteiger charge is 2.32. The molecule has 2 N–H and O–H groups in total. The van der Waals surface area contributed by atoms with Gasteiger partial charge in [0.15, 0.2) is 0 Å². The van der Waals surface area contributed by atoms with Crippen LogP contribution >= 0.6 is 11.3 Å². The van der Waals surface area contributed by atoms with E-state index in [0.29, 0.717) is 30.0 Å². The molecule has 2 aromatic rings. The molecule has 2 atom stereocenters. The van der Waals surface area contributed by atoms with Crippen LogP contribution in [0.1, 0.15) is 65.1 Å². The predicted molar refractivity (Wildman–Crippen MR) is 119 cm³/mol. The summed E-state index contributed by atoms with van der Waals surface area (Å²) in [5, 5.41) is 7.78. The van der Waals surface area contributed by atoms with E-state index in [9.17, 15) is 14.4 Å². The first kappa shape index (κ1) is 22.0. The molecule has 2 heterocycles. The maximum absolute atomic E-state index is 12.9. The summed E-state index contributed by atoms with van der Waals surface area (Å²) in [4.78, 5) is 40.4. The van der Waals surface area contributed by atoms with Gasteiger partial charge >= 0.3 is 0 Å². The molecule has 6 nitrogen and oxygen atoms in total. The second kappa shape index (κ2) is 10.4. The van der Waals surface area contributed by atoms with E-state index in [-0.39, 0.29) is 23.8 Å². The molecule has 0 bridgehead atoms. The summed E-state index contributed by atoms with van der Waals surface area (Å²) in [7, 11) is 0. The molecule has 1 aromatic heterocycles. The molecular weight excluding hydrogens is 398 g/mol. The fourth-order valence-corrected chi connectivity index (χ4v) is 4.21. The number of rotatable bonds is 7. The Bertz CT molecular complexity index is 882. The first-order chi connectivity index (χ1) is 14.5. The summed E-state index contributed by atoms with van der Waals surface area (Å²) in [6.45, 7) is 4.91. The lowest BCUT2D eigenvalue weighted by Crippen LogP contribution is -2.51. The molecular formula is C23H29N3O3S. The van der Waals surface area contributed by atoms with Gasteiger partial charge in [-0.15, -0.1) is 11.3 Å². The molecule has 7 heteroatoms. The van der Waals surface area contributed by atoms with E-state index in [1.807, 2.05) is 37.4 Å². The highest BCUT2D eigenvalue weighted by Crippen LogP contribution is 2.22. The Morgan fingerprint density at radius 3 is 2.77 bits per heavy atom. The smallest absolute Gasteiger partial charge is 0.264 e. The number of piperidine rings is 1. The zero-order valence-corrected chi connectivity index (χ0v) is 18.3. The van der Waals surface area contributed by atoms with Crippen LogP contribution in [0.25, 0.3) is 0 Å². The molecule has 0 saturated carbocycles. The summed E-state index contributed by atoms with van der Waals surface area (Å²) < 4.78 is 0. The fourth-order valence-electron chi connectivity index (χ4n) is 3.53. The van der Waals surface area contributed by atoms with E-state index >= 15 is 0 Å². The van der Waals surface area contributed by atoms with E-state index in [1.54, 1.807) is 23.1 Å². The standard InChI is InChI=1S/C23H29N3O3S/c1-3-16(2)25-21(27)18-9-6-8-17(14-18)15-24-22(28)19-10-4-5-12-26(19)23(29)20-11-7-13-30-20/h6-9,11,13-14,16,19H,3-5,10,12,15H2,1-2H3,(H,24,28)(H,25,27). The third-order valence-electron chi connectivity index (χ3n) is 5.44. The number of thiophene rings is 1. The quantitative estimate of drug-likeness (QED) is 0.709. The lowest BCUT2D eigenvalue weighted by atomic mass is 10.0. The minimum absolute atomic E-state index is 0.0754. The molecule has 160 valence electrons. The van der Waals surface area contributed by atoms with E-state index in [0.717, 1.165) is 24.8 Å². The largest absolute Gasteiger partial charge is 0.350 e. The summed E-state index contributed by atoms with van der Waals surface area (Å²) >= 11 is 1.40. The lowest BCUT2D eigenvalue weighted by molar-refractivity contribution is -0.126. The molecule has 2 unspecified atom stereocenters. The normalized spacial score (nSPS) is 17.3. The molecule has 0 spiro atoms. The maximum atomic E-state index is 12.9. The average Bonchev–Trinajstić information content (AvgIpc) is 3.32. The number of hydrogen-bond donors (Lipinski definition) is 2. The van der Waals surface area contributed by atoms with Crippen molar-refractivity contribution in [2.75, 3.05) is 6.54 Å². The number of amides is 3. The molecule has 1 saturated heterocycles. The third kappa shape index (κ3) is 5.48. The maximum Gasteiger partial charge on any atom is 0.264 e. The molecule has 0 radical (unpaired) electrons. The van der Waals surface area contributed by atoms with Gasteiger partial charge in [-0.25, -0.2) is 0 Å². The van der Waals surface area contributed by atoms with E-state index in [1.165, 1.54) is 11.3 Å². The lowest BCUT2D eigenvalue weighted by Gasteiger charge is -2.34. The fraction of sp³-hybridized carbons (Fsp3) is 0.435. The van der Waals surface area contributed by atoms with Crippen LogP contribution in [0.15, 0.2) is 41.8 Å². The molecule has 3 rings (SSSR count). The topological polar surface area (TPSA) is 78.5 Å². The molecule has 1 fully saturated rings. The van der Waals surface area contributed by atoms with Crippen LogP contribution in [0.4, 0.5) is 0 Å². The minimum atomic E-state index is -0.453. The van der Waals surface area contributed by atoms with Gasteiger partial charge in [-0.2, -0.15) is 0 Å². The second-order valence-electron chi connectivity index (χ2n) is 7.69. The number of nitrogens with one attached hydrogen (secondary N) is 2. The number of carbonyl (C=O) groups excluding carboxylic acids is 3. The van der Waals surface area contributed by atoms with Gasteiger partial charge in [-0.3, -0.25) is 14.4 Å². The van der Waals surface area contributed by atoms with Gasteiger partial charge in [0.25, 0.3) is 11.8 Å². The Hall–Kier alpha value is -2.67. The molecule has 1 aliphatic rings. The van der Waals surface area contributed by atoms with Crippen molar-refractivity contribution in [1.82, 2.24) is 15.5 Å². The van der Waals surface area contributed by atoms with Gasteiger partial charge in [0.1, 0.15) is 6.04 Å². The Labute approximate surface area is 181 Å². The second-order valence-corrected chi connectivity index (χ2v) is 8.64. The number of benzene rings is 1. The molecule has 1 aromatic carbocycles. The van der Waals surface area contributed by atoms with Crippen LogP contribution in [0.2, 0.25) is 0 Å². The number of carbonyl (C=O) groups is 3. The van der Waals surface area contributed by atoms with Crippen molar-refractivity contribution in [1.29, 1.82) is 0 Å². The monoisotopic (exact) mass is 427 g/mol. The van der Waals surface area contributed by atoms with Crippen LogP contribution in [-0.2, 0) is 11.3 Å². The van der Waals surface area contributed by atoms with Crippen molar-refractivity contribution in [2.24, 2.45) is 0 Å². The molecule has 0 aliphatic carbocycles. The van der Waals surface area contributed by atoms with Gasteiger partial charge in [0, 0.05) is 24.7 Å². The molecule has 1 aliphatic heterocycles. The summed E-state index contributed by atoms with van der Waals surface area (Å²) in [6.07, 6.45) is 3.37. The van der Waals surface area contributed by atoms with Crippen molar-refractivity contribution in [3.05, 3.63) is 57.8 Å². The Balaban J connectivity index is 1.62. The van der Waals surface area contributed by atoms with Gasteiger partial charge < -0.3 is 15.5 Å². The van der Waals surface area contributed by atoms with Crippen molar-refractivity contribution in [2.45, 2.75) is 58.2 Å². The SMILES string of the molecule is CCC(C)NC(=O)c1cccc(CNC(=O)C2CCCCN2C(=O)c2cccs2)c1. The van der Waals surface area contributed by atoms with E-state index in [4.69, 9.17) is 0 Å². The van der Waals surface area contributed by atoms with Crippen molar-refractivity contribution in [3.63, 3.8) is 0 Å². The number of likely N-dealkylation sites (tertiary alicyclic amines) is 1. The third-order valence-corrected chi connectivity index (χ3v) is 6.30. The predicted octanol–water partition coefficient (Wildman–Crippen LogP) is 3.59. The Morgan fingerprint density at radius 1 is 1.20 bits per heavy atom. The highest BCUT2D eigenvalue weighted by atomic mass is 32.1. The Kier molecular flexibility index (Phi) is 7.63. The van der Waals surface area contributed by atoms with Crippen molar-refractivity contribution in [3.8, 4) is 0 Å². The minimum Gasteiger partial charge on any atom is -0.350 e. The zero-order valence-electron chi connectivity index (χ0n) is 17.5. The first-order valence-corrected chi connectivity index (χ1v) is 11.4. The highest BCUT2D eigenvalue weighted by molar-refractivity contribution is 7.12. The van der Waals surface area contributed by atoms with Gasteiger partial charge in [0.2, 0.25) is 5.91 Å². The van der Waals surface area contributed by atoms with Crippen molar-refractivity contribution >= 4 is 29.1 Å². The van der Waals surface area contributed by atoms with Crippen LogP contribution in [0, 0.1) is 0 Å². The van der Waals surface area contributed by atoms with Crippen LogP contribution in [0.5, 0.6) is 0 Å². The first-order valence-electron chi connectivity index (χ1n) is 10.5. The van der Waals surface area contributed by atoms with E-state index in [2.05, 4.69) is 10.6 Å². The average molecular weight is 428 g/mol. The Morgan fingerprint density at radius 2 is 2.03 bits per heavy atom. The van der Waals surface area contributed by atoms with Gasteiger partial charge in [-0.05, 0) is 61.7 Å². The molecule has 30 heavy (non-hydrogen) atoms. The number of nitrogens with zero attached hydrogens (tertiary/aromatic N) is 1. The molecule has 3 amide bonds. The van der Waals surface area contributed by atoms with E-state index < -0.39 is 6.04 Å². The van der Waals surface area contributed by atoms with Crippen molar-refractivity contribution < 1.29 is 14.4 Å². The summed E-state index contributed by atoms with van der Waals surface area (Å²) in [5.41, 5.74) is 1.43. The van der Waals surface area contributed by atoms with Gasteiger partial charge in [-0.1, -0.05) is 25.1 Å². The van der Waals surface area contributed by atoms with Crippen LogP contribution in [0.3, 0.4) is 0 Å². The van der Waals surface area contributed by atoms with Gasteiger partial charge in [0.05, 0.1) is 4.88 Å².